The second-order valence-corrected chi connectivity index (χ2v) is 18.5. The minimum atomic E-state index is -0.707. The summed E-state index contributed by atoms with van der Waals surface area (Å²) in [7, 11) is 2.69. The molecule has 6 heterocycles. The van der Waals surface area contributed by atoms with Crippen LogP contribution in [0.5, 0.6) is 5.75 Å². The Hall–Kier alpha value is -5.71. The lowest BCUT2D eigenvalue weighted by molar-refractivity contribution is -0.137. The number of fused-ring (bicyclic) bond motifs is 6. The molecule has 3 fully saturated rings. The Balaban J connectivity index is 0.931. The van der Waals surface area contributed by atoms with Gasteiger partial charge < -0.3 is 49.2 Å². The number of nitrogens with zero attached hydrogens (tertiary/aromatic N) is 4. The highest BCUT2D eigenvalue weighted by molar-refractivity contribution is 6.07. The number of methoxy groups -OCH3 is 2. The van der Waals surface area contributed by atoms with Gasteiger partial charge in [0.15, 0.2) is 0 Å². The smallest absolute Gasteiger partial charge is 0.407 e. The van der Waals surface area contributed by atoms with Crippen molar-refractivity contribution >= 4 is 39.9 Å². The molecule has 3 aromatic carbocycles. The number of rotatable bonds is 13. The highest BCUT2D eigenvalue weighted by Gasteiger charge is 2.43. The molecule has 4 aliphatic heterocycles. The lowest BCUT2D eigenvalue weighted by atomic mass is 9.90. The number of imidazole rings is 2. The van der Waals surface area contributed by atoms with Crippen molar-refractivity contribution in [2.24, 2.45) is 17.8 Å². The maximum atomic E-state index is 14.4. The summed E-state index contributed by atoms with van der Waals surface area (Å²) in [5, 5.41) is 7.77. The quantitative estimate of drug-likeness (QED) is 0.0898. The second kappa shape index (κ2) is 19.0. The number of carbonyl (C=O) groups is 3. The largest absolute Gasteiger partial charge is 0.488 e. The van der Waals surface area contributed by atoms with Gasteiger partial charge in [0.05, 0.1) is 68.6 Å². The van der Waals surface area contributed by atoms with Crippen LogP contribution < -0.4 is 15.4 Å². The monoisotopic (exact) mass is 890 g/mol. The van der Waals surface area contributed by atoms with Crippen molar-refractivity contribution in [1.82, 2.24) is 40.4 Å². The Morgan fingerprint density at radius 2 is 1.72 bits per heavy atom. The molecular formula is C49H62N8O8. The second-order valence-electron chi connectivity index (χ2n) is 18.5. The van der Waals surface area contributed by atoms with Crippen molar-refractivity contribution in [3.8, 4) is 28.1 Å². The summed E-state index contributed by atoms with van der Waals surface area (Å²) < 4.78 is 28.0. The van der Waals surface area contributed by atoms with Crippen LogP contribution in [0.4, 0.5) is 9.59 Å². The molecule has 2 aromatic heterocycles. The zero-order valence-electron chi connectivity index (χ0n) is 38.3. The van der Waals surface area contributed by atoms with Crippen LogP contribution in [-0.2, 0) is 30.3 Å². The molecule has 16 heteroatoms. The molecule has 6 atom stereocenters. The number of aromatic nitrogens is 4. The first-order valence-corrected chi connectivity index (χ1v) is 23.2. The van der Waals surface area contributed by atoms with Crippen molar-refractivity contribution in [1.29, 1.82) is 0 Å². The van der Waals surface area contributed by atoms with Gasteiger partial charge in [0, 0.05) is 36.8 Å². The Morgan fingerprint density at radius 3 is 2.49 bits per heavy atom. The standard InChI is InChI=1S/C49H62N8O8/c1-7-29-18-41(56(23-29)47(58)43(55-49(60)62-6)30-14-16-63-17-15-30)46-51-37-12-10-31-20-36-34-11-9-32(19-33(34)24-65-42(36)21-35(31)44(37)54-46)38-22-50-45(52-38)40-13-8-28(4)57(40)26-64-25-39(27(2)3)53-48(59)61-5/h9-12,19-22,27-30,39-41,43H,7-8,13-18,23-26H2,1-6H3,(H,50,52)(H,51,54)(H,53,59)(H,55,60)/t28-,29-,39+,40-,41-,43-/m0/s1. The van der Waals surface area contributed by atoms with E-state index < -0.39 is 18.2 Å². The van der Waals surface area contributed by atoms with E-state index in [2.05, 4.69) is 95.7 Å². The van der Waals surface area contributed by atoms with Crippen molar-refractivity contribution in [2.75, 3.05) is 47.3 Å². The first kappa shape index (κ1) is 44.5. The molecule has 4 aliphatic rings. The summed E-state index contributed by atoms with van der Waals surface area (Å²) in [5.41, 5.74) is 6.95. The van der Waals surface area contributed by atoms with Gasteiger partial charge in [0.25, 0.3) is 0 Å². The molecule has 0 unspecified atom stereocenters. The van der Waals surface area contributed by atoms with Gasteiger partial charge in [-0.2, -0.15) is 0 Å². The molecule has 0 saturated carbocycles. The third kappa shape index (κ3) is 9.00. The van der Waals surface area contributed by atoms with E-state index in [0.29, 0.717) is 64.5 Å². The van der Waals surface area contributed by atoms with Crippen LogP contribution in [0.3, 0.4) is 0 Å². The summed E-state index contributed by atoms with van der Waals surface area (Å²) in [6.45, 7) is 11.4. The average molecular weight is 891 g/mol. The van der Waals surface area contributed by atoms with Crippen LogP contribution in [-0.4, -0.2) is 113 Å². The van der Waals surface area contributed by atoms with Crippen molar-refractivity contribution in [3.63, 3.8) is 0 Å². The maximum absolute atomic E-state index is 14.4. The van der Waals surface area contributed by atoms with E-state index in [1.165, 1.54) is 14.2 Å². The number of ether oxygens (including phenoxy) is 5. The predicted octanol–water partition coefficient (Wildman–Crippen LogP) is 8.00. The Labute approximate surface area is 379 Å². The van der Waals surface area contributed by atoms with Gasteiger partial charge >= 0.3 is 12.2 Å². The number of H-pyrrole nitrogens is 2. The molecule has 0 spiro atoms. The van der Waals surface area contributed by atoms with E-state index in [0.717, 1.165) is 92.8 Å². The number of likely N-dealkylation sites (tertiary alicyclic amines) is 2. The molecule has 16 nitrogen and oxygen atoms in total. The number of benzene rings is 3. The Bertz CT molecular complexity index is 2530. The van der Waals surface area contributed by atoms with Gasteiger partial charge in [-0.25, -0.2) is 19.6 Å². The summed E-state index contributed by atoms with van der Waals surface area (Å²) in [5.74, 6) is 2.80. The van der Waals surface area contributed by atoms with E-state index in [9.17, 15) is 14.4 Å². The van der Waals surface area contributed by atoms with E-state index in [-0.39, 0.29) is 35.9 Å². The molecule has 0 bridgehead atoms. The third-order valence-electron chi connectivity index (χ3n) is 14.3. The van der Waals surface area contributed by atoms with E-state index in [4.69, 9.17) is 33.7 Å². The lowest BCUT2D eigenvalue weighted by Crippen LogP contribution is -2.53. The number of hydrogen-bond acceptors (Lipinski definition) is 11. The van der Waals surface area contributed by atoms with Crippen LogP contribution in [0.25, 0.3) is 44.2 Å². The number of amides is 3. The van der Waals surface area contributed by atoms with Crippen molar-refractivity contribution < 1.29 is 38.1 Å². The highest BCUT2D eigenvalue weighted by atomic mass is 16.5. The highest BCUT2D eigenvalue weighted by Crippen LogP contribution is 2.44. The Kier molecular flexibility index (Phi) is 13.0. The first-order chi connectivity index (χ1) is 31.5. The summed E-state index contributed by atoms with van der Waals surface area (Å²) >= 11 is 0. The van der Waals surface area contributed by atoms with Crippen LogP contribution >= 0.6 is 0 Å². The van der Waals surface area contributed by atoms with Gasteiger partial charge in [0.2, 0.25) is 5.91 Å². The first-order valence-electron chi connectivity index (χ1n) is 23.2. The van der Waals surface area contributed by atoms with E-state index in [1.54, 1.807) is 0 Å². The number of hydrogen-bond donors (Lipinski definition) is 4. The van der Waals surface area contributed by atoms with E-state index in [1.807, 2.05) is 11.1 Å². The average Bonchev–Trinajstić information content (AvgIpc) is 4.15. The number of carbonyl (C=O) groups excluding carboxylic acids is 3. The summed E-state index contributed by atoms with van der Waals surface area (Å²) in [4.78, 5) is 60.4. The predicted molar refractivity (Wildman–Crippen MR) is 245 cm³/mol. The molecule has 5 aromatic rings. The topological polar surface area (TPSA) is 185 Å². The molecule has 0 aliphatic carbocycles. The minimum Gasteiger partial charge on any atom is -0.488 e. The van der Waals surface area contributed by atoms with Gasteiger partial charge in [-0.05, 0) is 103 Å². The fraction of sp³-hybridized carbons (Fsp3) is 0.531. The number of aromatic amines is 2. The van der Waals surface area contributed by atoms with Crippen LogP contribution in [0, 0.1) is 17.8 Å². The van der Waals surface area contributed by atoms with Gasteiger partial charge in [0.1, 0.15) is 30.0 Å². The molecule has 65 heavy (non-hydrogen) atoms. The van der Waals surface area contributed by atoms with Crippen LogP contribution in [0.2, 0.25) is 0 Å². The fourth-order valence-corrected chi connectivity index (χ4v) is 10.2. The number of nitrogens with one attached hydrogen (secondary N) is 4. The molecule has 3 amide bonds. The van der Waals surface area contributed by atoms with Crippen LogP contribution in [0.15, 0.2) is 48.7 Å². The number of alkyl carbamates (subject to hydrolysis) is 2. The molecule has 3 saturated heterocycles. The fourth-order valence-electron chi connectivity index (χ4n) is 10.2. The minimum absolute atomic E-state index is 0.0456. The zero-order chi connectivity index (χ0) is 45.4. The summed E-state index contributed by atoms with van der Waals surface area (Å²) in [6.07, 6.45) is 5.93. The maximum Gasteiger partial charge on any atom is 0.407 e. The zero-order valence-corrected chi connectivity index (χ0v) is 38.3. The van der Waals surface area contributed by atoms with Crippen molar-refractivity contribution in [3.05, 3.63) is 65.9 Å². The summed E-state index contributed by atoms with van der Waals surface area (Å²) in [6, 6.07) is 14.2. The van der Waals surface area contributed by atoms with Gasteiger partial charge in [-0.15, -0.1) is 0 Å². The SMILES string of the molecule is CC[C@H]1C[C@@H](c2nc3c(ccc4cc5c(cc43)OCc3cc(-c4cnc([C@@H]6CC[C@H](C)N6COC[C@@H](NC(=O)OC)C(C)C)[nH]4)ccc3-5)[nH]2)N(C(=O)[C@@H](NC(=O)OC)C2CCOCC2)C1. The normalized spacial score (nSPS) is 22.1. The molecule has 0 radical (unpaired) electrons. The van der Waals surface area contributed by atoms with Gasteiger partial charge in [-0.3, -0.25) is 9.69 Å². The van der Waals surface area contributed by atoms with Crippen LogP contribution in [0.1, 0.15) is 95.5 Å². The van der Waals surface area contributed by atoms with Crippen molar-refractivity contribution in [2.45, 2.75) is 103 Å². The van der Waals surface area contributed by atoms with Gasteiger partial charge in [-0.1, -0.05) is 45.4 Å². The van der Waals surface area contributed by atoms with E-state index >= 15 is 0 Å². The third-order valence-corrected chi connectivity index (χ3v) is 14.3. The molecule has 4 N–H and O–H groups in total. The Morgan fingerprint density at radius 1 is 0.923 bits per heavy atom. The molecule has 346 valence electrons. The molecular weight excluding hydrogens is 829 g/mol. The lowest BCUT2D eigenvalue weighted by Gasteiger charge is -2.34. The molecule has 9 rings (SSSR count).